The number of rotatable bonds is 1. The van der Waals surface area contributed by atoms with E-state index in [9.17, 15) is 4.39 Å². The molecule has 2 bridgehead atoms. The minimum absolute atomic E-state index is 0.0704. The summed E-state index contributed by atoms with van der Waals surface area (Å²) in [7, 11) is 0. The second-order valence-electron chi connectivity index (χ2n) is 8.64. The molecule has 6 nitrogen and oxygen atoms in total. The van der Waals surface area contributed by atoms with Gasteiger partial charge in [-0.1, -0.05) is 13.0 Å². The van der Waals surface area contributed by atoms with Gasteiger partial charge in [0.2, 0.25) is 0 Å². The molecule has 2 aliphatic rings. The van der Waals surface area contributed by atoms with Gasteiger partial charge in [-0.25, -0.2) is 14.4 Å². The number of hydrogen-bond acceptors (Lipinski definition) is 5. The Kier molecular flexibility index (Phi) is 4.47. The summed E-state index contributed by atoms with van der Waals surface area (Å²) in [4.78, 5) is 14.2. The zero-order chi connectivity index (χ0) is 22.7. The summed E-state index contributed by atoms with van der Waals surface area (Å²) in [5.41, 5.74) is 12.7. The first-order chi connectivity index (χ1) is 16.0. The van der Waals surface area contributed by atoms with Crippen LogP contribution in [0, 0.1) is 5.82 Å². The van der Waals surface area contributed by atoms with Crippen molar-refractivity contribution in [1.82, 2.24) is 19.5 Å². The molecule has 0 spiro atoms. The summed E-state index contributed by atoms with van der Waals surface area (Å²) in [6.07, 6.45) is 5.73. The first-order valence-corrected chi connectivity index (χ1v) is 11.3. The molecular formula is C26H24FN5O. The Morgan fingerprint density at radius 1 is 1.18 bits per heavy atom. The lowest BCUT2D eigenvalue weighted by molar-refractivity contribution is 0.227. The molecule has 0 radical (unpaired) electrons. The van der Waals surface area contributed by atoms with Gasteiger partial charge in [0.25, 0.3) is 0 Å². The van der Waals surface area contributed by atoms with E-state index in [0.717, 1.165) is 64.4 Å². The van der Waals surface area contributed by atoms with Crippen molar-refractivity contribution in [2.75, 3.05) is 5.73 Å². The molecule has 6 rings (SSSR count). The maximum atomic E-state index is 14.4. The molecule has 2 atom stereocenters. The van der Waals surface area contributed by atoms with Crippen LogP contribution in [-0.4, -0.2) is 19.5 Å². The standard InChI is InChI=1S/C26H24FN5O/c1-3-20-25-15-11-22(26(28)30-13-15)33-14(2)19-12-16(27)6-7-17(19)24-18(5-4-10-29-24)21-8-9-23(31-20)32(21)25/h4-7,10-14,21H,3,8-9H2,1-2H3,(H2,28,30)/t14-,21?/m1/s1. The SMILES string of the molecule is CCc1nc2n3c1-c1cnc(N)c(c1)O[C@H](C)c1cc(F)ccc1-c1ncccc1C3CC2. The maximum Gasteiger partial charge on any atom is 0.166 e. The molecule has 0 amide bonds. The second-order valence-corrected chi connectivity index (χ2v) is 8.64. The van der Waals surface area contributed by atoms with Gasteiger partial charge in [-0.2, -0.15) is 0 Å². The number of hydrogen-bond donors (Lipinski definition) is 1. The number of nitrogens with zero attached hydrogens (tertiary/aromatic N) is 4. The first kappa shape index (κ1) is 19.9. The topological polar surface area (TPSA) is 78.9 Å². The summed E-state index contributed by atoms with van der Waals surface area (Å²) in [5, 5.41) is 0. The number of benzene rings is 1. The number of ether oxygens (including phenoxy) is 1. The van der Waals surface area contributed by atoms with Crippen molar-refractivity contribution in [1.29, 1.82) is 0 Å². The molecule has 33 heavy (non-hydrogen) atoms. The van der Waals surface area contributed by atoms with E-state index in [2.05, 4.69) is 22.5 Å². The lowest BCUT2D eigenvalue weighted by Gasteiger charge is -2.25. The van der Waals surface area contributed by atoms with Crippen LogP contribution in [-0.2, 0) is 12.8 Å². The van der Waals surface area contributed by atoms with Gasteiger partial charge in [-0.15, -0.1) is 0 Å². The van der Waals surface area contributed by atoms with Gasteiger partial charge in [0.1, 0.15) is 17.7 Å². The molecule has 5 heterocycles. The van der Waals surface area contributed by atoms with Crippen molar-refractivity contribution in [3.63, 3.8) is 0 Å². The van der Waals surface area contributed by atoms with Crippen molar-refractivity contribution >= 4 is 5.82 Å². The Balaban J connectivity index is 1.71. The number of pyridine rings is 2. The van der Waals surface area contributed by atoms with Crippen molar-refractivity contribution in [2.24, 2.45) is 0 Å². The molecule has 1 unspecified atom stereocenters. The Bertz CT molecular complexity index is 1400. The number of fused-ring (bicyclic) bond motifs is 7. The normalized spacial score (nSPS) is 18.4. The number of aromatic nitrogens is 4. The summed E-state index contributed by atoms with van der Waals surface area (Å²) >= 11 is 0. The van der Waals surface area contributed by atoms with E-state index >= 15 is 0 Å². The second kappa shape index (κ2) is 7.40. The lowest BCUT2D eigenvalue weighted by Crippen LogP contribution is -2.13. The summed E-state index contributed by atoms with van der Waals surface area (Å²) in [5.74, 6) is 1.52. The lowest BCUT2D eigenvalue weighted by atomic mass is 9.93. The van der Waals surface area contributed by atoms with E-state index in [1.807, 2.05) is 19.1 Å². The summed E-state index contributed by atoms with van der Waals surface area (Å²) in [6.45, 7) is 4.01. The van der Waals surface area contributed by atoms with Crippen LogP contribution in [0.25, 0.3) is 22.5 Å². The van der Waals surface area contributed by atoms with Crippen LogP contribution in [0.2, 0.25) is 0 Å². The maximum absolute atomic E-state index is 14.4. The average Bonchev–Trinajstić information content (AvgIpc) is 3.39. The molecule has 0 fully saturated rings. The Morgan fingerprint density at radius 3 is 2.91 bits per heavy atom. The van der Waals surface area contributed by atoms with Gasteiger partial charge in [-0.05, 0) is 50.1 Å². The van der Waals surface area contributed by atoms with E-state index in [1.165, 1.54) is 12.1 Å². The van der Waals surface area contributed by atoms with E-state index in [-0.39, 0.29) is 11.9 Å². The largest absolute Gasteiger partial charge is 0.482 e. The highest BCUT2D eigenvalue weighted by molar-refractivity contribution is 5.71. The predicted molar refractivity (Wildman–Crippen MR) is 124 cm³/mol. The summed E-state index contributed by atoms with van der Waals surface area (Å²) in [6, 6.07) is 10.9. The van der Waals surface area contributed by atoms with E-state index in [0.29, 0.717) is 11.6 Å². The van der Waals surface area contributed by atoms with Crippen molar-refractivity contribution < 1.29 is 9.13 Å². The molecule has 166 valence electrons. The fourth-order valence-electron chi connectivity index (χ4n) is 5.21. The number of imidazole rings is 1. The molecule has 3 aromatic heterocycles. The van der Waals surface area contributed by atoms with Gasteiger partial charge >= 0.3 is 0 Å². The molecule has 4 aromatic rings. The predicted octanol–water partition coefficient (Wildman–Crippen LogP) is 5.28. The Hall–Kier alpha value is -3.74. The van der Waals surface area contributed by atoms with Crippen LogP contribution in [0.15, 0.2) is 48.8 Å². The molecule has 1 aromatic carbocycles. The van der Waals surface area contributed by atoms with Crippen LogP contribution in [0.5, 0.6) is 5.75 Å². The third kappa shape index (κ3) is 3.03. The Morgan fingerprint density at radius 2 is 2.06 bits per heavy atom. The fourth-order valence-corrected chi connectivity index (χ4v) is 5.21. The third-order valence-corrected chi connectivity index (χ3v) is 6.71. The highest BCUT2D eigenvalue weighted by Crippen LogP contribution is 2.44. The zero-order valence-electron chi connectivity index (χ0n) is 18.5. The molecule has 2 N–H and O–H groups in total. The van der Waals surface area contributed by atoms with Gasteiger partial charge < -0.3 is 15.0 Å². The van der Waals surface area contributed by atoms with Crippen LogP contribution in [0.4, 0.5) is 10.2 Å². The fraction of sp³-hybridized carbons (Fsp3) is 0.269. The smallest absolute Gasteiger partial charge is 0.166 e. The molecule has 0 saturated carbocycles. The zero-order valence-corrected chi connectivity index (χ0v) is 18.5. The minimum Gasteiger partial charge on any atom is -0.482 e. The highest BCUT2D eigenvalue weighted by Gasteiger charge is 2.33. The monoisotopic (exact) mass is 441 g/mol. The number of halogens is 1. The van der Waals surface area contributed by atoms with Crippen LogP contribution >= 0.6 is 0 Å². The molecule has 0 aliphatic carbocycles. The van der Waals surface area contributed by atoms with Gasteiger partial charge in [0, 0.05) is 41.1 Å². The summed E-state index contributed by atoms with van der Waals surface area (Å²) < 4.78 is 23.0. The van der Waals surface area contributed by atoms with E-state index in [1.54, 1.807) is 18.5 Å². The van der Waals surface area contributed by atoms with E-state index < -0.39 is 6.10 Å². The quantitative estimate of drug-likeness (QED) is 0.435. The number of nitrogens with two attached hydrogens (primary N) is 1. The molecule has 0 saturated heterocycles. The Labute approximate surface area is 191 Å². The average molecular weight is 442 g/mol. The van der Waals surface area contributed by atoms with Crippen molar-refractivity contribution in [2.45, 2.75) is 45.3 Å². The number of nitrogen functional groups attached to an aromatic ring is 1. The van der Waals surface area contributed by atoms with Crippen LogP contribution in [0.3, 0.4) is 0 Å². The minimum atomic E-state index is -0.459. The van der Waals surface area contributed by atoms with E-state index in [4.69, 9.17) is 20.4 Å². The number of aryl methyl sites for hydroxylation is 2. The van der Waals surface area contributed by atoms with Crippen LogP contribution in [0.1, 0.15) is 55.1 Å². The first-order valence-electron chi connectivity index (χ1n) is 11.3. The molecule has 2 aliphatic heterocycles. The van der Waals surface area contributed by atoms with Gasteiger partial charge in [0.05, 0.1) is 23.1 Å². The number of anilines is 1. The van der Waals surface area contributed by atoms with Crippen LogP contribution < -0.4 is 10.5 Å². The van der Waals surface area contributed by atoms with Gasteiger partial charge in [0.15, 0.2) is 11.6 Å². The van der Waals surface area contributed by atoms with Crippen molar-refractivity contribution in [3.8, 4) is 28.3 Å². The highest BCUT2D eigenvalue weighted by atomic mass is 19.1. The third-order valence-electron chi connectivity index (χ3n) is 6.71. The van der Waals surface area contributed by atoms with Crippen molar-refractivity contribution in [3.05, 3.63) is 77.3 Å². The molecular weight excluding hydrogens is 417 g/mol. The van der Waals surface area contributed by atoms with Gasteiger partial charge in [-0.3, -0.25) is 4.98 Å². The molecule has 7 heteroatoms.